The van der Waals surface area contributed by atoms with Gasteiger partial charge in [0.1, 0.15) is 11.6 Å². The van der Waals surface area contributed by atoms with Crippen molar-refractivity contribution in [3.63, 3.8) is 0 Å². The molecule has 0 heterocycles. The van der Waals surface area contributed by atoms with Gasteiger partial charge in [0.15, 0.2) is 0 Å². The molecule has 2 atom stereocenters. The lowest BCUT2D eigenvalue weighted by atomic mass is 10.1. The van der Waals surface area contributed by atoms with E-state index in [-0.39, 0.29) is 5.82 Å². The maximum absolute atomic E-state index is 13.1. The van der Waals surface area contributed by atoms with Crippen LogP contribution in [0.1, 0.15) is 45.3 Å². The van der Waals surface area contributed by atoms with Crippen molar-refractivity contribution < 1.29 is 14.2 Å². The van der Waals surface area contributed by atoms with E-state index >= 15 is 0 Å². The molecule has 0 bridgehead atoms. The molecule has 1 aromatic carbocycles. The van der Waals surface area contributed by atoms with Crippen LogP contribution in [-0.2, 0) is 0 Å². The van der Waals surface area contributed by atoms with E-state index < -0.39 is 6.10 Å². The number of aliphatic hydroxyl groups excluding tert-OH is 1. The molecule has 2 nitrogen and oxygen atoms in total. The number of benzene rings is 1. The summed E-state index contributed by atoms with van der Waals surface area (Å²) in [5.74, 6) is 0.686. The Morgan fingerprint density at radius 1 is 1.35 bits per heavy atom. The first-order valence-corrected chi connectivity index (χ1v) is 6.14. The monoisotopic (exact) mass is 240 g/mol. The van der Waals surface area contributed by atoms with Crippen LogP contribution in [0, 0.1) is 11.7 Å². The highest BCUT2D eigenvalue weighted by atomic mass is 19.1. The average Bonchev–Trinajstić information content (AvgIpc) is 2.27. The number of hydrogen-bond acceptors (Lipinski definition) is 2. The fraction of sp³-hybridized carbons (Fsp3) is 0.571. The second-order valence-electron chi connectivity index (χ2n) is 4.56. The fourth-order valence-electron chi connectivity index (χ4n) is 1.79. The van der Waals surface area contributed by atoms with Crippen molar-refractivity contribution >= 4 is 0 Å². The molecule has 1 rings (SSSR count). The summed E-state index contributed by atoms with van der Waals surface area (Å²) in [6, 6.07) is 4.26. The smallest absolute Gasteiger partial charge is 0.125 e. The van der Waals surface area contributed by atoms with Crippen molar-refractivity contribution in [3.8, 4) is 5.75 Å². The zero-order valence-electron chi connectivity index (χ0n) is 10.7. The zero-order valence-corrected chi connectivity index (χ0v) is 10.7. The maximum Gasteiger partial charge on any atom is 0.125 e. The third-order valence-corrected chi connectivity index (χ3v) is 2.73. The highest BCUT2D eigenvalue weighted by Crippen LogP contribution is 2.26. The third kappa shape index (κ3) is 4.35. The predicted octanol–water partition coefficient (Wildman–Crippen LogP) is 3.69. The summed E-state index contributed by atoms with van der Waals surface area (Å²) in [5.41, 5.74) is 0.508. The Hall–Kier alpha value is -1.09. The van der Waals surface area contributed by atoms with Gasteiger partial charge in [-0.1, -0.05) is 20.3 Å². The first-order valence-electron chi connectivity index (χ1n) is 6.14. The first-order chi connectivity index (χ1) is 8.04. The Balaban J connectivity index is 2.70. The van der Waals surface area contributed by atoms with Gasteiger partial charge in [-0.05, 0) is 37.5 Å². The van der Waals surface area contributed by atoms with Crippen LogP contribution in [0.25, 0.3) is 0 Å². The predicted molar refractivity (Wildman–Crippen MR) is 66.6 cm³/mol. The topological polar surface area (TPSA) is 29.5 Å². The van der Waals surface area contributed by atoms with E-state index in [4.69, 9.17) is 4.74 Å². The van der Waals surface area contributed by atoms with Crippen molar-refractivity contribution in [2.24, 2.45) is 5.92 Å². The molecule has 1 aromatic rings. The summed E-state index contributed by atoms with van der Waals surface area (Å²) < 4.78 is 18.7. The van der Waals surface area contributed by atoms with Crippen LogP contribution in [0.3, 0.4) is 0 Å². The van der Waals surface area contributed by atoms with Gasteiger partial charge in [-0.15, -0.1) is 0 Å². The van der Waals surface area contributed by atoms with E-state index in [9.17, 15) is 9.50 Å². The molecule has 0 aliphatic rings. The molecule has 0 aliphatic heterocycles. The van der Waals surface area contributed by atoms with Gasteiger partial charge in [-0.3, -0.25) is 0 Å². The number of halogens is 1. The van der Waals surface area contributed by atoms with Crippen molar-refractivity contribution in [2.75, 3.05) is 6.61 Å². The van der Waals surface area contributed by atoms with Crippen molar-refractivity contribution in [1.82, 2.24) is 0 Å². The van der Waals surface area contributed by atoms with Crippen LogP contribution in [0.4, 0.5) is 4.39 Å². The normalized spacial score (nSPS) is 14.4. The standard InChI is InChI=1S/C14H21FO2/c1-4-5-10(2)9-17-14-7-6-12(15)8-13(14)11(3)16/h6-8,10-11,16H,4-5,9H2,1-3H3/t10?,11-/m0/s1. The SMILES string of the molecule is CCCC(C)COc1ccc(F)cc1[C@H](C)O. The lowest BCUT2D eigenvalue weighted by Crippen LogP contribution is -2.10. The molecule has 17 heavy (non-hydrogen) atoms. The van der Waals surface area contributed by atoms with E-state index in [1.165, 1.54) is 12.1 Å². The second-order valence-corrected chi connectivity index (χ2v) is 4.56. The van der Waals surface area contributed by atoms with Crippen LogP contribution in [0.2, 0.25) is 0 Å². The molecule has 0 fully saturated rings. The highest BCUT2D eigenvalue weighted by Gasteiger charge is 2.11. The second kappa shape index (κ2) is 6.60. The van der Waals surface area contributed by atoms with Crippen LogP contribution in [-0.4, -0.2) is 11.7 Å². The fourth-order valence-corrected chi connectivity index (χ4v) is 1.79. The quantitative estimate of drug-likeness (QED) is 0.821. The number of rotatable bonds is 6. The van der Waals surface area contributed by atoms with E-state index in [0.29, 0.717) is 23.8 Å². The lowest BCUT2D eigenvalue weighted by molar-refractivity contribution is 0.185. The molecule has 0 aliphatic carbocycles. The summed E-state index contributed by atoms with van der Waals surface area (Å²) in [7, 11) is 0. The molecule has 96 valence electrons. The van der Waals surface area contributed by atoms with Crippen molar-refractivity contribution in [3.05, 3.63) is 29.6 Å². The molecular formula is C14H21FO2. The molecule has 0 amide bonds. The summed E-state index contributed by atoms with van der Waals surface area (Å²) in [6.45, 7) is 6.46. The van der Waals surface area contributed by atoms with Gasteiger partial charge >= 0.3 is 0 Å². The molecule has 0 saturated carbocycles. The molecule has 0 radical (unpaired) electrons. The minimum absolute atomic E-state index is 0.352. The molecule has 0 aromatic heterocycles. The average molecular weight is 240 g/mol. The first kappa shape index (κ1) is 14.0. The maximum atomic E-state index is 13.1. The molecule has 0 saturated heterocycles. The highest BCUT2D eigenvalue weighted by molar-refractivity contribution is 5.35. The molecule has 0 spiro atoms. The molecular weight excluding hydrogens is 219 g/mol. The van der Waals surface area contributed by atoms with Gasteiger partial charge in [0.2, 0.25) is 0 Å². The summed E-state index contributed by atoms with van der Waals surface area (Å²) in [5, 5.41) is 9.55. The number of hydrogen-bond donors (Lipinski definition) is 1. The van der Waals surface area contributed by atoms with Crippen molar-refractivity contribution in [1.29, 1.82) is 0 Å². The Bertz CT molecular complexity index is 350. The summed E-state index contributed by atoms with van der Waals surface area (Å²) in [4.78, 5) is 0. The van der Waals surface area contributed by atoms with Gasteiger partial charge in [0.05, 0.1) is 12.7 Å². The molecule has 1 unspecified atom stereocenters. The largest absolute Gasteiger partial charge is 0.493 e. The summed E-state index contributed by atoms with van der Waals surface area (Å²) >= 11 is 0. The number of ether oxygens (including phenoxy) is 1. The van der Waals surface area contributed by atoms with E-state index in [2.05, 4.69) is 13.8 Å². The van der Waals surface area contributed by atoms with Gasteiger partial charge < -0.3 is 9.84 Å². The van der Waals surface area contributed by atoms with Gasteiger partial charge in [0, 0.05) is 5.56 Å². The van der Waals surface area contributed by atoms with Crippen molar-refractivity contribution in [2.45, 2.75) is 39.7 Å². The Labute approximate surface area is 102 Å². The third-order valence-electron chi connectivity index (χ3n) is 2.73. The zero-order chi connectivity index (χ0) is 12.8. The van der Waals surface area contributed by atoms with E-state index in [0.717, 1.165) is 12.8 Å². The van der Waals surface area contributed by atoms with E-state index in [1.54, 1.807) is 13.0 Å². The Morgan fingerprint density at radius 3 is 2.65 bits per heavy atom. The lowest BCUT2D eigenvalue weighted by Gasteiger charge is -2.16. The van der Waals surface area contributed by atoms with Crippen LogP contribution in [0.15, 0.2) is 18.2 Å². The summed E-state index contributed by atoms with van der Waals surface area (Å²) in [6.07, 6.45) is 1.50. The Kier molecular flexibility index (Phi) is 5.42. The minimum Gasteiger partial charge on any atom is -0.493 e. The van der Waals surface area contributed by atoms with Gasteiger partial charge in [-0.2, -0.15) is 0 Å². The van der Waals surface area contributed by atoms with Crippen LogP contribution < -0.4 is 4.74 Å². The Morgan fingerprint density at radius 2 is 2.06 bits per heavy atom. The van der Waals surface area contributed by atoms with Gasteiger partial charge in [-0.25, -0.2) is 4.39 Å². The van der Waals surface area contributed by atoms with Crippen LogP contribution >= 0.6 is 0 Å². The van der Waals surface area contributed by atoms with E-state index in [1.807, 2.05) is 0 Å². The van der Waals surface area contributed by atoms with Gasteiger partial charge in [0.25, 0.3) is 0 Å². The minimum atomic E-state index is -0.720. The molecule has 3 heteroatoms. The number of aliphatic hydroxyl groups is 1. The van der Waals surface area contributed by atoms with Crippen LogP contribution in [0.5, 0.6) is 5.75 Å². The molecule has 1 N–H and O–H groups in total.